The van der Waals surface area contributed by atoms with Crippen molar-refractivity contribution in [1.29, 1.82) is 0 Å². The maximum absolute atomic E-state index is 12.2. The third-order valence-electron chi connectivity index (χ3n) is 3.71. The molecular formula is C15H14N4O3S. The molecule has 7 nitrogen and oxygen atoms in total. The lowest BCUT2D eigenvalue weighted by molar-refractivity contribution is 0.442. The van der Waals surface area contributed by atoms with Crippen LogP contribution in [0.5, 0.6) is 5.88 Å². The summed E-state index contributed by atoms with van der Waals surface area (Å²) in [7, 11) is -3.46. The molecule has 8 heteroatoms. The minimum Gasteiger partial charge on any atom is -0.492 e. The summed E-state index contributed by atoms with van der Waals surface area (Å²) in [5.41, 5.74) is 2.04. The molecule has 2 heterocycles. The van der Waals surface area contributed by atoms with Crippen molar-refractivity contribution in [2.45, 2.75) is 23.8 Å². The predicted molar refractivity (Wildman–Crippen MR) is 83.4 cm³/mol. The number of aromatic hydroxyl groups is 1. The van der Waals surface area contributed by atoms with Crippen LogP contribution in [0, 0.1) is 0 Å². The molecule has 1 aliphatic rings. The van der Waals surface area contributed by atoms with Crippen LogP contribution in [0.3, 0.4) is 0 Å². The number of imidazole rings is 1. The summed E-state index contributed by atoms with van der Waals surface area (Å²) in [6, 6.07) is 9.72. The SMILES string of the molecule is O=S(=O)(NC1CC1)c1ccc(-c2cnc3ccc(O)nn23)cc1. The smallest absolute Gasteiger partial charge is 0.240 e. The van der Waals surface area contributed by atoms with Gasteiger partial charge in [0, 0.05) is 17.7 Å². The first-order valence-electron chi connectivity index (χ1n) is 7.19. The quantitative estimate of drug-likeness (QED) is 0.756. The van der Waals surface area contributed by atoms with E-state index in [4.69, 9.17) is 0 Å². The van der Waals surface area contributed by atoms with E-state index in [9.17, 15) is 13.5 Å². The Morgan fingerprint density at radius 1 is 1.13 bits per heavy atom. The molecule has 0 spiro atoms. The molecule has 0 bridgehead atoms. The summed E-state index contributed by atoms with van der Waals surface area (Å²) in [5, 5.41) is 13.5. The highest BCUT2D eigenvalue weighted by Gasteiger charge is 2.27. The number of hydrogen-bond donors (Lipinski definition) is 2. The van der Waals surface area contributed by atoms with Gasteiger partial charge in [0.2, 0.25) is 15.9 Å². The summed E-state index contributed by atoms with van der Waals surface area (Å²) >= 11 is 0. The Morgan fingerprint density at radius 3 is 2.57 bits per heavy atom. The van der Waals surface area contributed by atoms with Gasteiger partial charge in [-0.2, -0.15) is 0 Å². The summed E-state index contributed by atoms with van der Waals surface area (Å²) in [6.07, 6.45) is 3.43. The fraction of sp³-hybridized carbons (Fsp3) is 0.200. The molecule has 2 aromatic heterocycles. The molecule has 1 fully saturated rings. The highest BCUT2D eigenvalue weighted by Crippen LogP contribution is 2.25. The predicted octanol–water partition coefficient (Wildman–Crippen LogP) is 1.54. The lowest BCUT2D eigenvalue weighted by Gasteiger charge is -2.06. The van der Waals surface area contributed by atoms with E-state index in [0.717, 1.165) is 18.4 Å². The molecule has 118 valence electrons. The van der Waals surface area contributed by atoms with Gasteiger partial charge in [-0.05, 0) is 31.0 Å². The van der Waals surface area contributed by atoms with Gasteiger partial charge in [0.15, 0.2) is 5.65 Å². The minimum absolute atomic E-state index is 0.0747. The lowest BCUT2D eigenvalue weighted by atomic mass is 10.2. The molecule has 4 rings (SSSR count). The van der Waals surface area contributed by atoms with Crippen molar-refractivity contribution in [3.8, 4) is 17.1 Å². The van der Waals surface area contributed by atoms with Gasteiger partial charge in [-0.25, -0.2) is 22.6 Å². The molecule has 0 aliphatic heterocycles. The van der Waals surface area contributed by atoms with Crippen molar-refractivity contribution < 1.29 is 13.5 Å². The third-order valence-corrected chi connectivity index (χ3v) is 5.24. The number of nitrogens with one attached hydrogen (secondary N) is 1. The van der Waals surface area contributed by atoms with E-state index in [1.54, 1.807) is 36.5 Å². The van der Waals surface area contributed by atoms with Crippen molar-refractivity contribution in [3.05, 3.63) is 42.6 Å². The fourth-order valence-corrected chi connectivity index (χ4v) is 3.66. The van der Waals surface area contributed by atoms with E-state index < -0.39 is 10.0 Å². The van der Waals surface area contributed by atoms with Crippen LogP contribution in [0.4, 0.5) is 0 Å². The van der Waals surface area contributed by atoms with Crippen LogP contribution in [-0.4, -0.2) is 34.2 Å². The summed E-state index contributed by atoms with van der Waals surface area (Å²) in [5.74, 6) is -0.107. The van der Waals surface area contributed by atoms with Gasteiger partial charge in [-0.3, -0.25) is 0 Å². The second kappa shape index (κ2) is 5.04. The van der Waals surface area contributed by atoms with E-state index in [2.05, 4.69) is 14.8 Å². The average Bonchev–Trinajstić information content (AvgIpc) is 3.23. The van der Waals surface area contributed by atoms with E-state index >= 15 is 0 Å². The summed E-state index contributed by atoms with van der Waals surface area (Å²) in [4.78, 5) is 4.45. The Balaban J connectivity index is 1.71. The van der Waals surface area contributed by atoms with Crippen LogP contribution in [0.2, 0.25) is 0 Å². The molecule has 0 atom stereocenters. The molecule has 2 N–H and O–H groups in total. The first-order valence-corrected chi connectivity index (χ1v) is 8.68. The molecule has 0 amide bonds. The van der Waals surface area contributed by atoms with Crippen LogP contribution in [0.25, 0.3) is 16.9 Å². The van der Waals surface area contributed by atoms with Crippen LogP contribution >= 0.6 is 0 Å². The second-order valence-electron chi connectivity index (χ2n) is 5.52. The zero-order chi connectivity index (χ0) is 16.0. The van der Waals surface area contributed by atoms with Crippen LogP contribution < -0.4 is 4.72 Å². The lowest BCUT2D eigenvalue weighted by Crippen LogP contribution is -2.25. The number of sulfonamides is 1. The molecule has 3 aromatic rings. The van der Waals surface area contributed by atoms with Gasteiger partial charge in [0.25, 0.3) is 0 Å². The maximum Gasteiger partial charge on any atom is 0.240 e. The van der Waals surface area contributed by atoms with E-state index in [-0.39, 0.29) is 16.8 Å². The molecule has 23 heavy (non-hydrogen) atoms. The molecule has 0 radical (unpaired) electrons. The number of nitrogens with zero attached hydrogens (tertiary/aromatic N) is 3. The zero-order valence-electron chi connectivity index (χ0n) is 12.0. The maximum atomic E-state index is 12.2. The largest absolute Gasteiger partial charge is 0.492 e. The highest BCUT2D eigenvalue weighted by atomic mass is 32.2. The van der Waals surface area contributed by atoms with Crippen LogP contribution in [-0.2, 0) is 10.0 Å². The monoisotopic (exact) mass is 330 g/mol. The Hall–Kier alpha value is -2.45. The van der Waals surface area contributed by atoms with E-state index in [1.807, 2.05) is 0 Å². The highest BCUT2D eigenvalue weighted by molar-refractivity contribution is 7.89. The van der Waals surface area contributed by atoms with Gasteiger partial charge in [-0.15, -0.1) is 5.10 Å². The number of aromatic nitrogens is 3. The standard InChI is InChI=1S/C15H14N4O3S/c20-15-8-7-14-16-9-13(19(14)17-15)10-1-5-12(6-2-10)23(21,22)18-11-3-4-11/h1-2,5-9,11,18H,3-4H2,(H,17,20). The average molecular weight is 330 g/mol. The Labute approximate surface area is 132 Å². The number of fused-ring (bicyclic) bond motifs is 1. The molecule has 1 saturated carbocycles. The molecule has 1 aromatic carbocycles. The van der Waals surface area contributed by atoms with Crippen molar-refractivity contribution >= 4 is 15.7 Å². The van der Waals surface area contributed by atoms with Gasteiger partial charge >= 0.3 is 0 Å². The third kappa shape index (κ3) is 2.66. The summed E-state index contributed by atoms with van der Waals surface area (Å²) in [6.45, 7) is 0. The zero-order valence-corrected chi connectivity index (χ0v) is 12.9. The first kappa shape index (κ1) is 14.2. The number of hydrogen-bond acceptors (Lipinski definition) is 5. The van der Waals surface area contributed by atoms with Gasteiger partial charge in [-0.1, -0.05) is 12.1 Å². The van der Waals surface area contributed by atoms with Gasteiger partial charge in [0.05, 0.1) is 16.8 Å². The Bertz CT molecular complexity index is 976. The van der Waals surface area contributed by atoms with E-state index in [1.165, 1.54) is 10.6 Å². The topological polar surface area (TPSA) is 96.6 Å². The van der Waals surface area contributed by atoms with E-state index in [0.29, 0.717) is 11.3 Å². The Morgan fingerprint density at radius 2 is 1.87 bits per heavy atom. The minimum atomic E-state index is -3.46. The molecule has 1 aliphatic carbocycles. The van der Waals surface area contributed by atoms with Gasteiger partial charge < -0.3 is 5.11 Å². The molecular weight excluding hydrogens is 316 g/mol. The van der Waals surface area contributed by atoms with Crippen molar-refractivity contribution in [2.75, 3.05) is 0 Å². The fourth-order valence-electron chi connectivity index (χ4n) is 2.35. The van der Waals surface area contributed by atoms with Crippen LogP contribution in [0.1, 0.15) is 12.8 Å². The van der Waals surface area contributed by atoms with Crippen molar-refractivity contribution in [1.82, 2.24) is 19.3 Å². The second-order valence-corrected chi connectivity index (χ2v) is 7.24. The summed E-state index contributed by atoms with van der Waals surface area (Å²) < 4.78 is 28.5. The van der Waals surface area contributed by atoms with Crippen molar-refractivity contribution in [2.24, 2.45) is 0 Å². The number of rotatable bonds is 4. The molecule has 0 unspecified atom stereocenters. The van der Waals surface area contributed by atoms with Gasteiger partial charge in [0.1, 0.15) is 0 Å². The molecule has 0 saturated heterocycles. The Kier molecular flexibility index (Phi) is 3.10. The first-order chi connectivity index (χ1) is 11.0. The number of benzene rings is 1. The van der Waals surface area contributed by atoms with Crippen LogP contribution in [0.15, 0.2) is 47.5 Å². The van der Waals surface area contributed by atoms with Crippen molar-refractivity contribution in [3.63, 3.8) is 0 Å². The normalized spacial score (nSPS) is 15.1.